The summed E-state index contributed by atoms with van der Waals surface area (Å²) in [4.78, 5) is 0. The summed E-state index contributed by atoms with van der Waals surface area (Å²) in [6.07, 6.45) is 0. The third-order valence-corrected chi connectivity index (χ3v) is 18.0. The molecular formula is C80H46. The summed E-state index contributed by atoms with van der Waals surface area (Å²) in [5.41, 5.74) is 23.1. The van der Waals surface area contributed by atoms with Gasteiger partial charge in [0.2, 0.25) is 0 Å². The van der Waals surface area contributed by atoms with Crippen LogP contribution in [-0.4, -0.2) is 0 Å². The van der Waals surface area contributed by atoms with Gasteiger partial charge in [0.15, 0.2) is 0 Å². The molecule has 0 radical (unpaired) electrons. The molecule has 0 N–H and O–H groups in total. The topological polar surface area (TPSA) is 0 Å². The van der Waals surface area contributed by atoms with E-state index in [0.29, 0.717) is 0 Å². The Labute approximate surface area is 462 Å². The highest BCUT2D eigenvalue weighted by atomic mass is 14.4. The molecule has 0 spiro atoms. The lowest BCUT2D eigenvalue weighted by atomic mass is 9.82. The van der Waals surface area contributed by atoms with Crippen molar-refractivity contribution in [3.63, 3.8) is 0 Å². The summed E-state index contributed by atoms with van der Waals surface area (Å²) in [6.45, 7) is 0. The van der Waals surface area contributed by atoms with Gasteiger partial charge in [-0.25, -0.2) is 0 Å². The van der Waals surface area contributed by atoms with E-state index in [2.05, 4.69) is 279 Å². The summed E-state index contributed by atoms with van der Waals surface area (Å²) < 4.78 is 0. The van der Waals surface area contributed by atoms with Gasteiger partial charge in [-0.1, -0.05) is 255 Å². The monoisotopic (exact) mass is 1010 g/mol. The lowest BCUT2D eigenvalue weighted by Crippen LogP contribution is -1.93. The molecule has 0 atom stereocenters. The summed E-state index contributed by atoms with van der Waals surface area (Å²) in [7, 11) is 0. The molecule has 0 saturated carbocycles. The molecular weight excluding hydrogens is 961 g/mol. The average Bonchev–Trinajstić information content (AvgIpc) is 3.79. The Morgan fingerprint density at radius 1 is 0.125 bits per heavy atom. The van der Waals surface area contributed by atoms with E-state index in [1.165, 1.54) is 186 Å². The van der Waals surface area contributed by atoms with Crippen molar-refractivity contribution in [1.29, 1.82) is 0 Å². The third-order valence-electron chi connectivity index (χ3n) is 18.0. The van der Waals surface area contributed by atoms with Crippen LogP contribution in [0.5, 0.6) is 0 Å². The fourth-order valence-electron chi connectivity index (χ4n) is 14.9. The van der Waals surface area contributed by atoms with Gasteiger partial charge in [-0.3, -0.25) is 0 Å². The van der Waals surface area contributed by atoms with E-state index in [1.54, 1.807) is 0 Å². The second kappa shape index (κ2) is 16.6. The highest BCUT2D eigenvalue weighted by Crippen LogP contribution is 2.62. The molecule has 2 aliphatic carbocycles. The maximum atomic E-state index is 2.55. The van der Waals surface area contributed by atoms with Gasteiger partial charge in [0.05, 0.1) is 0 Å². The molecule has 16 aromatic rings. The third kappa shape index (κ3) is 5.89. The van der Waals surface area contributed by atoms with Crippen LogP contribution in [0.25, 0.3) is 186 Å². The maximum absolute atomic E-state index is 2.55. The number of hydrogen-bond donors (Lipinski definition) is 0. The Morgan fingerprint density at radius 2 is 0.362 bits per heavy atom. The zero-order valence-electron chi connectivity index (χ0n) is 43.6. The van der Waals surface area contributed by atoms with Crippen LogP contribution in [0.15, 0.2) is 279 Å². The highest BCUT2D eigenvalue weighted by Gasteiger charge is 2.34. The predicted octanol–water partition coefficient (Wildman–Crippen LogP) is 22.5. The van der Waals surface area contributed by atoms with Crippen LogP contribution in [0.1, 0.15) is 0 Å². The van der Waals surface area contributed by atoms with Gasteiger partial charge in [-0.15, -0.1) is 0 Å². The summed E-state index contributed by atoms with van der Waals surface area (Å²) >= 11 is 0. The Morgan fingerprint density at radius 3 is 0.688 bits per heavy atom. The lowest BCUT2D eigenvalue weighted by molar-refractivity contribution is 1.62. The summed E-state index contributed by atoms with van der Waals surface area (Å²) in [5, 5.41) is 20.4. The zero-order valence-corrected chi connectivity index (χ0v) is 43.6. The Kier molecular flexibility index (Phi) is 9.04. The van der Waals surface area contributed by atoms with Crippen LogP contribution in [0.3, 0.4) is 0 Å². The average molecular weight is 1010 g/mol. The van der Waals surface area contributed by atoms with E-state index in [9.17, 15) is 0 Å². The van der Waals surface area contributed by atoms with Crippen molar-refractivity contribution in [2.75, 3.05) is 0 Å². The van der Waals surface area contributed by atoms with Gasteiger partial charge < -0.3 is 0 Å². The molecule has 0 aromatic heterocycles. The van der Waals surface area contributed by atoms with Gasteiger partial charge in [-0.05, 0) is 211 Å². The predicted molar refractivity (Wildman–Crippen MR) is 343 cm³/mol. The summed E-state index contributed by atoms with van der Waals surface area (Å²) in [6, 6.07) is 105. The van der Waals surface area contributed by atoms with Crippen LogP contribution < -0.4 is 0 Å². The largest absolute Gasteiger partial charge is 0.0622 e. The Hall–Kier alpha value is -10.4. The van der Waals surface area contributed by atoms with Gasteiger partial charge >= 0.3 is 0 Å². The molecule has 0 bridgehead atoms. The van der Waals surface area contributed by atoms with Crippen molar-refractivity contribution in [3.05, 3.63) is 279 Å². The van der Waals surface area contributed by atoms with E-state index < -0.39 is 0 Å². The molecule has 80 heavy (non-hydrogen) atoms. The standard InChI is InChI=1S/C80H46/c1-5-23-47(24-6-1)71-55-35-17-19-37-57(55)73(49-27-9-3-10-28-49)79-69-45-65-53-33-15-13-31-51(53)63(43-67(65)59-39-21-41-61(75(59)69)77(71)79)64-44-68-60-40-22-42-62-76(60)70(46-66(68)54-34-16-14-32-52(54)64)80-74(50-29-11-4-12-30-50)58-38-20-18-36-56(58)72(78(62)80)48-25-7-2-8-26-48/h1-46H. The van der Waals surface area contributed by atoms with Crippen LogP contribution in [-0.2, 0) is 0 Å². The normalized spacial score (nSPS) is 12.2. The molecule has 366 valence electrons. The molecule has 0 heteroatoms. The molecule has 0 heterocycles. The first-order valence-electron chi connectivity index (χ1n) is 28.0. The van der Waals surface area contributed by atoms with Crippen molar-refractivity contribution in [2.24, 2.45) is 0 Å². The van der Waals surface area contributed by atoms with Crippen molar-refractivity contribution < 1.29 is 0 Å². The Bertz CT molecular complexity index is 5020. The van der Waals surface area contributed by atoms with E-state index >= 15 is 0 Å². The minimum atomic E-state index is 1.23. The number of fused-ring (bicyclic) bond motifs is 16. The van der Waals surface area contributed by atoms with E-state index in [0.717, 1.165) is 0 Å². The lowest BCUT2D eigenvalue weighted by Gasteiger charge is -2.21. The van der Waals surface area contributed by atoms with Crippen LogP contribution in [0.4, 0.5) is 0 Å². The molecule has 0 saturated heterocycles. The second-order valence-corrected chi connectivity index (χ2v) is 22.0. The minimum Gasteiger partial charge on any atom is -0.0622 e. The number of hydrogen-bond acceptors (Lipinski definition) is 0. The summed E-state index contributed by atoms with van der Waals surface area (Å²) in [5.74, 6) is 0. The molecule has 0 unspecified atom stereocenters. The van der Waals surface area contributed by atoms with Crippen molar-refractivity contribution in [3.8, 4) is 100 Å². The molecule has 2 aliphatic rings. The molecule has 18 rings (SSSR count). The van der Waals surface area contributed by atoms with E-state index in [4.69, 9.17) is 0 Å². The Balaban J connectivity index is 0.944. The van der Waals surface area contributed by atoms with Crippen molar-refractivity contribution in [2.45, 2.75) is 0 Å². The molecule has 0 aliphatic heterocycles. The zero-order chi connectivity index (χ0) is 52.2. The SMILES string of the molecule is c1ccc(-c2c3c(c(-c4ccccc4)c4ccccc24)-c2cc4c5ccccc5c(-c5cc6c7cccc8c7c(cc6c6ccccc56)-c5c-8c(-c6ccccc6)c6ccccc6c5-c5ccccc5)cc4c4cccc-3c24)cc1. The fourth-order valence-corrected chi connectivity index (χ4v) is 14.9. The van der Waals surface area contributed by atoms with Gasteiger partial charge in [0, 0.05) is 0 Å². The van der Waals surface area contributed by atoms with Crippen molar-refractivity contribution >= 4 is 86.2 Å². The van der Waals surface area contributed by atoms with Crippen LogP contribution in [0, 0.1) is 0 Å². The highest BCUT2D eigenvalue weighted by molar-refractivity contribution is 6.36. The van der Waals surface area contributed by atoms with Gasteiger partial charge in [0.1, 0.15) is 0 Å². The van der Waals surface area contributed by atoms with Gasteiger partial charge in [0.25, 0.3) is 0 Å². The van der Waals surface area contributed by atoms with Crippen molar-refractivity contribution in [1.82, 2.24) is 0 Å². The van der Waals surface area contributed by atoms with E-state index in [1.807, 2.05) is 0 Å². The van der Waals surface area contributed by atoms with Crippen LogP contribution in [0.2, 0.25) is 0 Å². The fraction of sp³-hybridized carbons (Fsp3) is 0. The first-order chi connectivity index (χ1) is 39.8. The first kappa shape index (κ1) is 43.7. The molecule has 0 amide bonds. The quantitative estimate of drug-likeness (QED) is 0.151. The smallest absolute Gasteiger partial charge is 0.000719 e. The van der Waals surface area contributed by atoms with Crippen LogP contribution >= 0.6 is 0 Å². The maximum Gasteiger partial charge on any atom is -0.000719 e. The molecule has 0 fully saturated rings. The minimum absolute atomic E-state index is 1.23. The van der Waals surface area contributed by atoms with Gasteiger partial charge in [-0.2, -0.15) is 0 Å². The molecule has 16 aromatic carbocycles. The number of benzene rings is 16. The first-order valence-corrected chi connectivity index (χ1v) is 28.0. The number of rotatable bonds is 5. The second-order valence-electron chi connectivity index (χ2n) is 22.0. The molecule has 0 nitrogen and oxygen atoms in total. The van der Waals surface area contributed by atoms with E-state index in [-0.39, 0.29) is 0 Å².